The standard InChI is InChI=1S/C24H27N3O2/c28-23(18-7-8-18)25-20-9-10-22(21(15-20)24(29)26-12-3-4-13-26)27-14-11-17-5-1-2-6-19(17)16-27/h1-2,5-6,9-10,15,18H,3-4,7-8,11-14,16H2,(H,25,28). The lowest BCUT2D eigenvalue weighted by atomic mass is 9.98. The van der Waals surface area contributed by atoms with Gasteiger partial charge in [0, 0.05) is 43.5 Å². The van der Waals surface area contributed by atoms with Crippen molar-refractivity contribution in [1.82, 2.24) is 4.90 Å². The number of amides is 2. The minimum absolute atomic E-state index is 0.0734. The molecular formula is C24H27N3O2. The molecular weight excluding hydrogens is 362 g/mol. The van der Waals surface area contributed by atoms with Gasteiger partial charge in [0.15, 0.2) is 0 Å². The van der Waals surface area contributed by atoms with Crippen LogP contribution in [0.4, 0.5) is 11.4 Å². The fraction of sp³-hybridized carbons (Fsp3) is 0.417. The fourth-order valence-electron chi connectivity index (χ4n) is 4.44. The molecule has 2 aliphatic heterocycles. The summed E-state index contributed by atoms with van der Waals surface area (Å²) in [5.41, 5.74) is 5.13. The number of fused-ring (bicyclic) bond motifs is 1. The highest BCUT2D eigenvalue weighted by Crippen LogP contribution is 2.33. The van der Waals surface area contributed by atoms with Crippen LogP contribution < -0.4 is 10.2 Å². The molecule has 0 spiro atoms. The third-order valence-electron chi connectivity index (χ3n) is 6.31. The van der Waals surface area contributed by atoms with Gasteiger partial charge in [-0.2, -0.15) is 0 Å². The van der Waals surface area contributed by atoms with E-state index in [9.17, 15) is 9.59 Å². The van der Waals surface area contributed by atoms with E-state index in [2.05, 4.69) is 34.5 Å². The van der Waals surface area contributed by atoms with Crippen molar-refractivity contribution in [3.05, 3.63) is 59.2 Å². The quantitative estimate of drug-likeness (QED) is 0.865. The largest absolute Gasteiger partial charge is 0.366 e. The zero-order chi connectivity index (χ0) is 19.8. The molecule has 150 valence electrons. The topological polar surface area (TPSA) is 52.7 Å². The Hall–Kier alpha value is -2.82. The molecule has 0 bridgehead atoms. The number of hydrogen-bond acceptors (Lipinski definition) is 3. The second-order valence-corrected chi connectivity index (χ2v) is 8.44. The van der Waals surface area contributed by atoms with Gasteiger partial charge in [-0.25, -0.2) is 0 Å². The first kappa shape index (κ1) is 18.2. The maximum absolute atomic E-state index is 13.3. The number of carbonyl (C=O) groups is 2. The average Bonchev–Trinajstić information content (AvgIpc) is 3.47. The average molecular weight is 389 g/mol. The van der Waals surface area contributed by atoms with Crippen LogP contribution in [0.1, 0.15) is 47.2 Å². The number of anilines is 2. The van der Waals surface area contributed by atoms with Gasteiger partial charge in [0.1, 0.15) is 0 Å². The molecule has 1 saturated heterocycles. The van der Waals surface area contributed by atoms with Crippen molar-refractivity contribution < 1.29 is 9.59 Å². The van der Waals surface area contributed by atoms with Crippen LogP contribution in [0.25, 0.3) is 0 Å². The highest BCUT2D eigenvalue weighted by Gasteiger charge is 2.30. The molecule has 0 unspecified atom stereocenters. The van der Waals surface area contributed by atoms with Gasteiger partial charge in [0.25, 0.3) is 5.91 Å². The first-order valence-corrected chi connectivity index (χ1v) is 10.7. The Balaban J connectivity index is 1.46. The molecule has 1 saturated carbocycles. The first-order chi connectivity index (χ1) is 14.2. The molecule has 0 aromatic heterocycles. The Morgan fingerprint density at radius 2 is 1.69 bits per heavy atom. The zero-order valence-corrected chi connectivity index (χ0v) is 16.7. The van der Waals surface area contributed by atoms with Crippen molar-refractivity contribution in [2.45, 2.75) is 38.6 Å². The monoisotopic (exact) mass is 389 g/mol. The molecule has 5 nitrogen and oxygen atoms in total. The van der Waals surface area contributed by atoms with Gasteiger partial charge >= 0.3 is 0 Å². The van der Waals surface area contributed by atoms with E-state index < -0.39 is 0 Å². The Morgan fingerprint density at radius 3 is 2.45 bits per heavy atom. The highest BCUT2D eigenvalue weighted by molar-refractivity contribution is 6.02. The Morgan fingerprint density at radius 1 is 0.931 bits per heavy atom. The Kier molecular flexibility index (Phi) is 4.74. The second-order valence-electron chi connectivity index (χ2n) is 8.44. The summed E-state index contributed by atoms with van der Waals surface area (Å²) in [6, 6.07) is 14.4. The fourth-order valence-corrected chi connectivity index (χ4v) is 4.44. The number of rotatable bonds is 4. The molecule has 0 atom stereocenters. The lowest BCUT2D eigenvalue weighted by molar-refractivity contribution is -0.117. The van der Waals surface area contributed by atoms with Gasteiger partial charge in [-0.1, -0.05) is 24.3 Å². The van der Waals surface area contributed by atoms with Crippen LogP contribution in [-0.2, 0) is 17.8 Å². The van der Waals surface area contributed by atoms with E-state index >= 15 is 0 Å². The number of benzene rings is 2. The molecule has 1 N–H and O–H groups in total. The number of carbonyl (C=O) groups excluding carboxylic acids is 2. The zero-order valence-electron chi connectivity index (χ0n) is 16.7. The van der Waals surface area contributed by atoms with Crippen molar-refractivity contribution in [2.24, 2.45) is 5.92 Å². The molecule has 2 fully saturated rings. The number of nitrogens with zero attached hydrogens (tertiary/aromatic N) is 2. The van der Waals surface area contributed by atoms with Crippen LogP contribution in [-0.4, -0.2) is 36.3 Å². The van der Waals surface area contributed by atoms with E-state index in [1.165, 1.54) is 11.1 Å². The molecule has 2 amide bonds. The molecule has 2 aromatic rings. The highest BCUT2D eigenvalue weighted by atomic mass is 16.2. The van der Waals surface area contributed by atoms with Crippen LogP contribution in [0, 0.1) is 5.92 Å². The van der Waals surface area contributed by atoms with Crippen LogP contribution in [0.2, 0.25) is 0 Å². The lowest BCUT2D eigenvalue weighted by Gasteiger charge is -2.33. The summed E-state index contributed by atoms with van der Waals surface area (Å²) in [5.74, 6) is 0.300. The SMILES string of the molecule is O=C(Nc1ccc(N2CCc3ccccc3C2)c(C(=O)N2CCCC2)c1)C1CC1. The van der Waals surface area contributed by atoms with E-state index in [1.54, 1.807) is 0 Å². The third kappa shape index (κ3) is 3.74. The van der Waals surface area contributed by atoms with Crippen molar-refractivity contribution in [3.8, 4) is 0 Å². The van der Waals surface area contributed by atoms with Gasteiger partial charge in [-0.15, -0.1) is 0 Å². The second kappa shape index (κ2) is 7.54. The van der Waals surface area contributed by atoms with Crippen LogP contribution in [0.5, 0.6) is 0 Å². The van der Waals surface area contributed by atoms with Gasteiger partial charge in [-0.3, -0.25) is 9.59 Å². The Labute approximate surface area is 171 Å². The number of likely N-dealkylation sites (tertiary alicyclic amines) is 1. The summed E-state index contributed by atoms with van der Waals surface area (Å²) in [4.78, 5) is 29.8. The predicted octanol–water partition coefficient (Wildman–Crippen LogP) is 3.83. The van der Waals surface area contributed by atoms with E-state index in [4.69, 9.17) is 0 Å². The molecule has 2 aromatic carbocycles. The first-order valence-electron chi connectivity index (χ1n) is 10.7. The van der Waals surface area contributed by atoms with E-state index in [-0.39, 0.29) is 17.7 Å². The van der Waals surface area contributed by atoms with Gasteiger partial charge in [-0.05, 0) is 61.4 Å². The van der Waals surface area contributed by atoms with Crippen LogP contribution in [0.15, 0.2) is 42.5 Å². The molecule has 29 heavy (non-hydrogen) atoms. The molecule has 5 heteroatoms. The molecule has 0 radical (unpaired) electrons. The maximum atomic E-state index is 13.3. The molecule has 5 rings (SSSR count). The minimum Gasteiger partial charge on any atom is -0.366 e. The molecule has 2 heterocycles. The van der Waals surface area contributed by atoms with Crippen molar-refractivity contribution in [2.75, 3.05) is 29.9 Å². The van der Waals surface area contributed by atoms with E-state index in [1.807, 2.05) is 23.1 Å². The van der Waals surface area contributed by atoms with Crippen molar-refractivity contribution in [1.29, 1.82) is 0 Å². The summed E-state index contributed by atoms with van der Waals surface area (Å²) in [6.07, 6.45) is 5.05. The van der Waals surface area contributed by atoms with E-state index in [0.717, 1.165) is 69.7 Å². The summed E-state index contributed by atoms with van der Waals surface area (Å²) in [6.45, 7) is 3.34. The van der Waals surface area contributed by atoms with E-state index in [0.29, 0.717) is 5.56 Å². The Bertz CT molecular complexity index is 945. The van der Waals surface area contributed by atoms with Crippen LogP contribution >= 0.6 is 0 Å². The summed E-state index contributed by atoms with van der Waals surface area (Å²) < 4.78 is 0. The van der Waals surface area contributed by atoms with Crippen molar-refractivity contribution in [3.63, 3.8) is 0 Å². The molecule has 1 aliphatic carbocycles. The minimum atomic E-state index is 0.0734. The number of nitrogens with one attached hydrogen (secondary N) is 1. The van der Waals surface area contributed by atoms with Crippen LogP contribution in [0.3, 0.4) is 0 Å². The van der Waals surface area contributed by atoms with Crippen molar-refractivity contribution >= 4 is 23.2 Å². The predicted molar refractivity (Wildman–Crippen MR) is 114 cm³/mol. The summed E-state index contributed by atoms with van der Waals surface area (Å²) in [7, 11) is 0. The van der Waals surface area contributed by atoms with Gasteiger partial charge < -0.3 is 15.1 Å². The maximum Gasteiger partial charge on any atom is 0.256 e. The third-order valence-corrected chi connectivity index (χ3v) is 6.31. The summed E-state index contributed by atoms with van der Waals surface area (Å²) >= 11 is 0. The van der Waals surface area contributed by atoms with Gasteiger partial charge in [0.05, 0.1) is 5.56 Å². The van der Waals surface area contributed by atoms with Gasteiger partial charge in [0.2, 0.25) is 5.91 Å². The smallest absolute Gasteiger partial charge is 0.256 e. The summed E-state index contributed by atoms with van der Waals surface area (Å²) in [5, 5.41) is 3.01. The normalized spacial score (nSPS) is 18.5. The lowest BCUT2D eigenvalue weighted by Crippen LogP contribution is -2.34. The molecule has 3 aliphatic rings. The number of hydrogen-bond donors (Lipinski definition) is 1.